The summed E-state index contributed by atoms with van der Waals surface area (Å²) in [5.74, 6) is 0.262. The zero-order valence-corrected chi connectivity index (χ0v) is 9.67. The molecule has 1 aromatic carbocycles. The Labute approximate surface area is 103 Å². The number of benzene rings is 1. The summed E-state index contributed by atoms with van der Waals surface area (Å²) in [5.41, 5.74) is 4.75. The Morgan fingerprint density at radius 1 is 1.39 bits per heavy atom. The van der Waals surface area contributed by atoms with Crippen LogP contribution in [0.3, 0.4) is 0 Å². The normalized spacial score (nSPS) is 20.1. The van der Waals surface area contributed by atoms with E-state index in [0.717, 1.165) is 25.0 Å². The monoisotopic (exact) mass is 261 g/mol. The van der Waals surface area contributed by atoms with Gasteiger partial charge in [-0.15, -0.1) is 0 Å². The van der Waals surface area contributed by atoms with Crippen molar-refractivity contribution in [1.29, 1.82) is 0 Å². The third kappa shape index (κ3) is 3.07. The first-order chi connectivity index (χ1) is 8.47. The molecule has 18 heavy (non-hydrogen) atoms. The number of anilines is 1. The molecule has 100 valence electrons. The molecule has 1 aromatic rings. The van der Waals surface area contributed by atoms with Gasteiger partial charge >= 0.3 is 6.18 Å². The predicted molar refractivity (Wildman–Crippen MR) is 60.3 cm³/mol. The molecule has 3 nitrogen and oxygen atoms in total. The number of hydrogen-bond donors (Lipinski definition) is 1. The van der Waals surface area contributed by atoms with Crippen LogP contribution < -0.4 is 10.5 Å². The Kier molecular flexibility index (Phi) is 3.65. The summed E-state index contributed by atoms with van der Waals surface area (Å²) in [7, 11) is 0. The number of hydrogen-bond acceptors (Lipinski definition) is 3. The van der Waals surface area contributed by atoms with Crippen LogP contribution in [0.1, 0.15) is 18.4 Å². The van der Waals surface area contributed by atoms with Gasteiger partial charge in [0.25, 0.3) is 0 Å². The molecule has 1 aliphatic heterocycles. The highest BCUT2D eigenvalue weighted by molar-refractivity contribution is 5.54. The second-order valence-corrected chi connectivity index (χ2v) is 4.20. The molecule has 6 heteroatoms. The van der Waals surface area contributed by atoms with Gasteiger partial charge in [0, 0.05) is 6.61 Å². The number of nitrogen functional groups attached to an aromatic ring is 1. The Balaban J connectivity index is 2.01. The molecule has 0 radical (unpaired) electrons. The predicted octanol–water partition coefficient (Wildman–Crippen LogP) is 2.85. The van der Waals surface area contributed by atoms with Gasteiger partial charge in [-0.1, -0.05) is 0 Å². The van der Waals surface area contributed by atoms with E-state index in [1.54, 1.807) is 0 Å². The van der Waals surface area contributed by atoms with Crippen LogP contribution in [-0.2, 0) is 10.9 Å². The number of rotatable bonds is 3. The summed E-state index contributed by atoms with van der Waals surface area (Å²) in [6, 6.07) is 3.08. The smallest absolute Gasteiger partial charge is 0.416 e. The van der Waals surface area contributed by atoms with Crippen LogP contribution in [0, 0.1) is 0 Å². The highest BCUT2D eigenvalue weighted by atomic mass is 19.4. The minimum Gasteiger partial charge on any atom is -0.489 e. The Morgan fingerprint density at radius 3 is 2.72 bits per heavy atom. The van der Waals surface area contributed by atoms with E-state index >= 15 is 0 Å². The van der Waals surface area contributed by atoms with E-state index in [-0.39, 0.29) is 17.5 Å². The van der Waals surface area contributed by atoms with E-state index in [0.29, 0.717) is 13.2 Å². The van der Waals surface area contributed by atoms with Crippen molar-refractivity contribution in [1.82, 2.24) is 0 Å². The molecular weight excluding hydrogens is 247 g/mol. The summed E-state index contributed by atoms with van der Waals surface area (Å²) in [6.45, 7) is 1.02. The Hall–Kier alpha value is -1.43. The average molecular weight is 261 g/mol. The fourth-order valence-electron chi connectivity index (χ4n) is 1.81. The third-order valence-corrected chi connectivity index (χ3v) is 2.79. The van der Waals surface area contributed by atoms with Crippen molar-refractivity contribution >= 4 is 5.69 Å². The fraction of sp³-hybridized carbons (Fsp3) is 0.500. The van der Waals surface area contributed by atoms with Gasteiger partial charge in [0.1, 0.15) is 12.4 Å². The Bertz CT molecular complexity index is 414. The second-order valence-electron chi connectivity index (χ2n) is 4.20. The zero-order chi connectivity index (χ0) is 13.2. The lowest BCUT2D eigenvalue weighted by atomic mass is 10.2. The van der Waals surface area contributed by atoms with Crippen LogP contribution in [0.2, 0.25) is 0 Å². The third-order valence-electron chi connectivity index (χ3n) is 2.79. The van der Waals surface area contributed by atoms with Gasteiger partial charge in [0.05, 0.1) is 17.4 Å². The van der Waals surface area contributed by atoms with E-state index < -0.39 is 11.7 Å². The SMILES string of the molecule is Nc1cc(C(F)(F)F)ccc1OC[C@@H]1CCCO1. The molecular formula is C12H14F3NO2. The zero-order valence-electron chi connectivity index (χ0n) is 9.67. The van der Waals surface area contributed by atoms with Gasteiger partial charge in [-0.25, -0.2) is 0 Å². The molecule has 2 rings (SSSR count). The van der Waals surface area contributed by atoms with Crippen LogP contribution >= 0.6 is 0 Å². The highest BCUT2D eigenvalue weighted by Gasteiger charge is 2.31. The van der Waals surface area contributed by atoms with Gasteiger partial charge < -0.3 is 15.2 Å². The first-order valence-electron chi connectivity index (χ1n) is 5.68. The van der Waals surface area contributed by atoms with Crippen molar-refractivity contribution < 1.29 is 22.6 Å². The molecule has 0 saturated carbocycles. The maximum Gasteiger partial charge on any atom is 0.416 e. The molecule has 0 amide bonds. The minimum atomic E-state index is -4.39. The van der Waals surface area contributed by atoms with Gasteiger partial charge in [0.2, 0.25) is 0 Å². The molecule has 0 bridgehead atoms. The van der Waals surface area contributed by atoms with Crippen LogP contribution in [-0.4, -0.2) is 19.3 Å². The maximum absolute atomic E-state index is 12.4. The van der Waals surface area contributed by atoms with Gasteiger partial charge in [0.15, 0.2) is 0 Å². The topological polar surface area (TPSA) is 44.5 Å². The lowest BCUT2D eigenvalue weighted by molar-refractivity contribution is -0.137. The number of ether oxygens (including phenoxy) is 2. The highest BCUT2D eigenvalue weighted by Crippen LogP contribution is 2.33. The van der Waals surface area contributed by atoms with Crippen molar-refractivity contribution in [2.45, 2.75) is 25.1 Å². The summed E-state index contributed by atoms with van der Waals surface area (Å²) in [4.78, 5) is 0. The number of halogens is 3. The first-order valence-corrected chi connectivity index (χ1v) is 5.68. The average Bonchev–Trinajstić information content (AvgIpc) is 2.79. The van der Waals surface area contributed by atoms with Gasteiger partial charge in [-0.2, -0.15) is 13.2 Å². The van der Waals surface area contributed by atoms with Crippen molar-refractivity contribution in [3.63, 3.8) is 0 Å². The quantitative estimate of drug-likeness (QED) is 0.851. The molecule has 0 aliphatic carbocycles. The maximum atomic E-state index is 12.4. The first kappa shape index (κ1) is 13.0. The molecule has 0 aromatic heterocycles. The van der Waals surface area contributed by atoms with E-state index in [9.17, 15) is 13.2 Å². The molecule has 1 aliphatic rings. The minimum absolute atomic E-state index is 0.00620. The van der Waals surface area contributed by atoms with Crippen molar-refractivity contribution in [3.8, 4) is 5.75 Å². The summed E-state index contributed by atoms with van der Waals surface area (Å²) in [5, 5.41) is 0. The van der Waals surface area contributed by atoms with Gasteiger partial charge in [-0.3, -0.25) is 0 Å². The lowest BCUT2D eigenvalue weighted by Crippen LogP contribution is -2.17. The number of alkyl halides is 3. The van der Waals surface area contributed by atoms with E-state index in [4.69, 9.17) is 15.2 Å². The number of nitrogens with two attached hydrogens (primary N) is 1. The molecule has 1 saturated heterocycles. The molecule has 0 unspecified atom stereocenters. The lowest BCUT2D eigenvalue weighted by Gasteiger charge is -2.14. The van der Waals surface area contributed by atoms with E-state index in [2.05, 4.69) is 0 Å². The fourth-order valence-corrected chi connectivity index (χ4v) is 1.81. The van der Waals surface area contributed by atoms with Gasteiger partial charge in [-0.05, 0) is 31.0 Å². The van der Waals surface area contributed by atoms with Crippen LogP contribution in [0.5, 0.6) is 5.75 Å². The van der Waals surface area contributed by atoms with Crippen LogP contribution in [0.4, 0.5) is 18.9 Å². The molecule has 1 atom stereocenters. The van der Waals surface area contributed by atoms with Crippen LogP contribution in [0.15, 0.2) is 18.2 Å². The molecule has 1 heterocycles. The Morgan fingerprint density at radius 2 is 2.17 bits per heavy atom. The van der Waals surface area contributed by atoms with Crippen molar-refractivity contribution in [2.75, 3.05) is 18.9 Å². The van der Waals surface area contributed by atoms with E-state index in [1.807, 2.05) is 0 Å². The van der Waals surface area contributed by atoms with Crippen LogP contribution in [0.25, 0.3) is 0 Å². The summed E-state index contributed by atoms with van der Waals surface area (Å²) < 4.78 is 48.0. The molecule has 0 spiro atoms. The summed E-state index contributed by atoms with van der Waals surface area (Å²) >= 11 is 0. The largest absolute Gasteiger partial charge is 0.489 e. The second kappa shape index (κ2) is 5.06. The van der Waals surface area contributed by atoms with Crippen molar-refractivity contribution in [3.05, 3.63) is 23.8 Å². The van der Waals surface area contributed by atoms with Crippen molar-refractivity contribution in [2.24, 2.45) is 0 Å². The summed E-state index contributed by atoms with van der Waals surface area (Å²) in [6.07, 6.45) is -2.50. The molecule has 1 fully saturated rings. The standard InChI is InChI=1S/C12H14F3NO2/c13-12(14,15)8-3-4-11(10(16)6-8)18-7-9-2-1-5-17-9/h3-4,6,9H,1-2,5,7,16H2/t9-/m0/s1. The van der Waals surface area contributed by atoms with E-state index in [1.165, 1.54) is 6.07 Å². The molecule has 2 N–H and O–H groups in total.